The molecule has 3 aliphatic rings. The fraction of sp³-hybridized carbons (Fsp3) is 0.200. The van der Waals surface area contributed by atoms with E-state index in [1.165, 1.54) is 50.2 Å². The van der Waals surface area contributed by atoms with Crippen LogP contribution in [0.2, 0.25) is 0 Å². The Morgan fingerprint density at radius 2 is 1.63 bits per heavy atom. The van der Waals surface area contributed by atoms with Crippen LogP contribution in [0.25, 0.3) is 28.3 Å². The first-order valence-electron chi connectivity index (χ1n) is 17.4. The topological polar surface area (TPSA) is 50.0 Å². The van der Waals surface area contributed by atoms with Crippen molar-refractivity contribution in [2.24, 2.45) is 20.9 Å². The van der Waals surface area contributed by atoms with Gasteiger partial charge in [0, 0.05) is 34.8 Å². The van der Waals surface area contributed by atoms with Gasteiger partial charge in [-0.05, 0) is 97.7 Å². The first-order chi connectivity index (χ1) is 24.1. The molecule has 0 fully saturated rings. The number of hydrogen-bond donors (Lipinski definition) is 0. The average molecular weight is 639 g/mol. The quantitative estimate of drug-likeness (QED) is 0.147. The number of fused-ring (bicyclic) bond motifs is 1. The summed E-state index contributed by atoms with van der Waals surface area (Å²) in [7, 11) is 0. The number of aliphatic imine (C=N–C) groups is 3. The lowest BCUT2D eigenvalue weighted by atomic mass is 9.84. The second-order valence-electron chi connectivity index (χ2n) is 13.0. The normalized spacial score (nSPS) is 17.4. The van der Waals surface area contributed by atoms with Crippen molar-refractivity contribution in [1.82, 2.24) is 4.98 Å². The molecular formula is C45H42N4. The molecule has 0 radical (unpaired) electrons. The highest BCUT2D eigenvalue weighted by Crippen LogP contribution is 2.40. The molecule has 49 heavy (non-hydrogen) atoms. The minimum Gasteiger partial charge on any atom is -0.266 e. The molecule has 0 saturated carbocycles. The van der Waals surface area contributed by atoms with Crippen molar-refractivity contribution in [3.63, 3.8) is 0 Å². The second kappa shape index (κ2) is 14.7. The van der Waals surface area contributed by atoms with Crippen molar-refractivity contribution >= 4 is 35.6 Å². The molecule has 7 rings (SSSR count). The zero-order valence-corrected chi connectivity index (χ0v) is 28.4. The zero-order chi connectivity index (χ0) is 33.6. The summed E-state index contributed by atoms with van der Waals surface area (Å²) >= 11 is 0. The molecule has 4 nitrogen and oxygen atoms in total. The number of aromatic nitrogens is 1. The van der Waals surface area contributed by atoms with Crippen LogP contribution in [0.5, 0.6) is 0 Å². The van der Waals surface area contributed by atoms with Gasteiger partial charge in [-0.15, -0.1) is 0 Å². The Bertz CT molecular complexity index is 2090. The zero-order valence-electron chi connectivity index (χ0n) is 28.4. The first-order valence-corrected chi connectivity index (χ1v) is 17.4. The average Bonchev–Trinajstić information content (AvgIpc) is 3.16. The summed E-state index contributed by atoms with van der Waals surface area (Å²) in [6.45, 7) is 8.95. The molecule has 0 saturated heterocycles. The van der Waals surface area contributed by atoms with Gasteiger partial charge in [-0.2, -0.15) is 0 Å². The summed E-state index contributed by atoms with van der Waals surface area (Å²) in [4.78, 5) is 19.7. The van der Waals surface area contributed by atoms with E-state index in [1.54, 1.807) is 0 Å². The first kappa shape index (κ1) is 32.1. The lowest BCUT2D eigenvalue weighted by Crippen LogP contribution is -2.09. The smallest absolute Gasteiger partial charge is 0.161 e. The largest absolute Gasteiger partial charge is 0.266 e. The van der Waals surface area contributed by atoms with E-state index in [0.717, 1.165) is 48.9 Å². The van der Waals surface area contributed by atoms with Gasteiger partial charge in [0.1, 0.15) is 0 Å². The number of rotatable bonds is 7. The fourth-order valence-electron chi connectivity index (χ4n) is 6.97. The lowest BCUT2D eigenvalue weighted by Gasteiger charge is -2.24. The molecule has 0 spiro atoms. The van der Waals surface area contributed by atoms with Crippen molar-refractivity contribution in [3.05, 3.63) is 166 Å². The number of pyridine rings is 1. The molecular weight excluding hydrogens is 597 g/mol. The number of hydrogen-bond acceptors (Lipinski definition) is 2. The Morgan fingerprint density at radius 1 is 0.837 bits per heavy atom. The predicted molar refractivity (Wildman–Crippen MR) is 208 cm³/mol. The Kier molecular flexibility index (Phi) is 9.65. The molecule has 0 aliphatic heterocycles. The minimum absolute atomic E-state index is 0.351. The highest BCUT2D eigenvalue weighted by molar-refractivity contribution is 6.12. The van der Waals surface area contributed by atoms with Crippen LogP contribution < -0.4 is 0 Å². The summed E-state index contributed by atoms with van der Waals surface area (Å²) < 4.78 is 0. The van der Waals surface area contributed by atoms with Crippen molar-refractivity contribution in [2.45, 2.75) is 46.0 Å². The van der Waals surface area contributed by atoms with E-state index in [-0.39, 0.29) is 0 Å². The highest BCUT2D eigenvalue weighted by Gasteiger charge is 2.23. The fourth-order valence-corrected chi connectivity index (χ4v) is 6.97. The standard InChI is InChI=1S/C45H42N4/c1-31-15-10-11-22-39(31)42-32(2)40-23-12-13-24-41(40)48-43(42)38-21-14-20-37(29-38)34-25-27-36(28-26-34)45(47-30-33-16-6-4-7-17-33)49-44(46-3)35-18-8-5-9-19-35/h4-12,15-16,18-20,22-23,25-29,33H,3,13-14,17,21,24,30H2,1-2H3. The van der Waals surface area contributed by atoms with E-state index in [4.69, 9.17) is 15.0 Å². The maximum atomic E-state index is 5.40. The van der Waals surface area contributed by atoms with E-state index in [9.17, 15) is 0 Å². The van der Waals surface area contributed by atoms with Gasteiger partial charge in [0.2, 0.25) is 0 Å². The lowest BCUT2D eigenvalue weighted by molar-refractivity contribution is 0.670. The van der Waals surface area contributed by atoms with Crippen molar-refractivity contribution in [2.75, 3.05) is 6.54 Å². The predicted octanol–water partition coefficient (Wildman–Crippen LogP) is 10.6. The molecule has 0 bridgehead atoms. The Morgan fingerprint density at radius 3 is 2.41 bits per heavy atom. The van der Waals surface area contributed by atoms with Crippen molar-refractivity contribution in [3.8, 4) is 11.1 Å². The Hall–Kier alpha value is -5.48. The van der Waals surface area contributed by atoms with Gasteiger partial charge >= 0.3 is 0 Å². The van der Waals surface area contributed by atoms with E-state index in [2.05, 4.69) is 123 Å². The molecule has 1 aromatic heterocycles. The molecule has 3 aliphatic carbocycles. The van der Waals surface area contributed by atoms with E-state index >= 15 is 0 Å². The molecule has 4 heteroatoms. The van der Waals surface area contributed by atoms with Gasteiger partial charge in [0.15, 0.2) is 11.7 Å². The number of aryl methyl sites for hydroxylation is 2. The molecule has 0 amide bonds. The summed E-state index contributed by atoms with van der Waals surface area (Å²) in [5.41, 5.74) is 14.3. The third-order valence-electron chi connectivity index (χ3n) is 9.65. The van der Waals surface area contributed by atoms with Gasteiger partial charge < -0.3 is 0 Å². The highest BCUT2D eigenvalue weighted by atomic mass is 15.0. The van der Waals surface area contributed by atoms with Gasteiger partial charge in [0.25, 0.3) is 0 Å². The van der Waals surface area contributed by atoms with Crippen LogP contribution in [0.3, 0.4) is 0 Å². The van der Waals surface area contributed by atoms with Gasteiger partial charge in [-0.3, -0.25) is 9.98 Å². The van der Waals surface area contributed by atoms with Gasteiger partial charge in [-0.25, -0.2) is 9.98 Å². The summed E-state index contributed by atoms with van der Waals surface area (Å²) in [5, 5.41) is 0. The molecule has 0 N–H and O–H groups in total. The van der Waals surface area contributed by atoms with E-state index in [0.29, 0.717) is 24.1 Å². The van der Waals surface area contributed by atoms with Crippen LogP contribution in [0.1, 0.15) is 70.5 Å². The number of nitrogens with zero attached hydrogens (tertiary/aromatic N) is 4. The number of amidine groups is 2. The SMILES string of the molecule is C=NC(=NC(=NCC1C=CC=CC1)c1ccc(C2=CCCC(c3nc4c(c(C)c3-c3ccccc3C)C=CCC4)=C2)cc1)c1ccccc1. The minimum atomic E-state index is 0.351. The third kappa shape index (κ3) is 7.05. The summed E-state index contributed by atoms with van der Waals surface area (Å²) in [6.07, 6.45) is 22.8. The summed E-state index contributed by atoms with van der Waals surface area (Å²) in [6, 6.07) is 27.3. The van der Waals surface area contributed by atoms with Gasteiger partial charge in [0.05, 0.1) is 5.69 Å². The number of allylic oxidation sites excluding steroid dienone is 8. The van der Waals surface area contributed by atoms with Crippen LogP contribution in [0.15, 0.2) is 136 Å². The van der Waals surface area contributed by atoms with Crippen LogP contribution in [0, 0.1) is 19.8 Å². The van der Waals surface area contributed by atoms with E-state index in [1.807, 2.05) is 30.3 Å². The van der Waals surface area contributed by atoms with Gasteiger partial charge in [-0.1, -0.05) is 121 Å². The maximum Gasteiger partial charge on any atom is 0.161 e. The van der Waals surface area contributed by atoms with Crippen LogP contribution in [0.4, 0.5) is 0 Å². The van der Waals surface area contributed by atoms with Crippen LogP contribution >= 0.6 is 0 Å². The molecule has 1 heterocycles. The Balaban J connectivity index is 1.24. The molecule has 242 valence electrons. The number of benzene rings is 3. The van der Waals surface area contributed by atoms with Crippen molar-refractivity contribution < 1.29 is 0 Å². The maximum absolute atomic E-state index is 5.40. The Labute approximate surface area is 290 Å². The molecule has 1 atom stereocenters. The molecule has 1 unspecified atom stereocenters. The van der Waals surface area contributed by atoms with Crippen molar-refractivity contribution in [1.29, 1.82) is 0 Å². The third-order valence-corrected chi connectivity index (χ3v) is 9.65. The second-order valence-corrected chi connectivity index (χ2v) is 13.0. The van der Waals surface area contributed by atoms with E-state index < -0.39 is 0 Å². The monoisotopic (exact) mass is 638 g/mol. The van der Waals surface area contributed by atoms with Crippen LogP contribution in [-0.4, -0.2) is 29.9 Å². The summed E-state index contributed by atoms with van der Waals surface area (Å²) in [5.74, 6) is 1.59. The van der Waals surface area contributed by atoms with Crippen LogP contribution in [-0.2, 0) is 6.42 Å². The molecule has 3 aromatic carbocycles. The molecule has 4 aromatic rings.